The van der Waals surface area contributed by atoms with Gasteiger partial charge in [-0.2, -0.15) is 0 Å². The minimum absolute atomic E-state index is 0.145. The highest BCUT2D eigenvalue weighted by molar-refractivity contribution is 9.10. The van der Waals surface area contributed by atoms with Crippen LogP contribution in [0.4, 0.5) is 0 Å². The summed E-state index contributed by atoms with van der Waals surface area (Å²) in [5.74, 6) is 0.119. The van der Waals surface area contributed by atoms with Crippen LogP contribution in [-0.2, 0) is 10.2 Å². The van der Waals surface area contributed by atoms with E-state index >= 15 is 0 Å². The smallest absolute Gasteiger partial charge is 0.314 e. The molecule has 1 aromatic carbocycles. The number of benzene rings is 1. The van der Waals surface area contributed by atoms with E-state index in [4.69, 9.17) is 4.74 Å². The predicted molar refractivity (Wildman–Crippen MR) is 78.0 cm³/mol. The van der Waals surface area contributed by atoms with E-state index in [2.05, 4.69) is 15.9 Å². The van der Waals surface area contributed by atoms with Crippen molar-refractivity contribution in [2.75, 3.05) is 7.11 Å². The van der Waals surface area contributed by atoms with Crippen molar-refractivity contribution < 1.29 is 14.6 Å². The average Bonchev–Trinajstić information content (AvgIpc) is 3.03. The number of halogens is 1. The van der Waals surface area contributed by atoms with Crippen molar-refractivity contribution in [3.63, 3.8) is 0 Å². The van der Waals surface area contributed by atoms with Crippen molar-refractivity contribution in [2.24, 2.45) is 5.92 Å². The molecule has 1 saturated carbocycles. The van der Waals surface area contributed by atoms with E-state index < -0.39 is 11.4 Å². The molecule has 2 rings (SSSR count). The van der Waals surface area contributed by atoms with Gasteiger partial charge in [-0.15, -0.1) is 0 Å². The first kappa shape index (κ1) is 14.4. The summed E-state index contributed by atoms with van der Waals surface area (Å²) in [5.41, 5.74) is 3.15. The van der Waals surface area contributed by atoms with E-state index in [1.54, 1.807) is 7.11 Å². The Kier molecular flexibility index (Phi) is 3.42. The highest BCUT2D eigenvalue weighted by Gasteiger charge is 2.61. The van der Waals surface area contributed by atoms with Crippen LogP contribution in [0.15, 0.2) is 4.47 Å². The number of hydrogen-bond donors (Lipinski definition) is 1. The lowest BCUT2D eigenvalue weighted by atomic mass is 9.86. The molecule has 0 saturated heterocycles. The molecule has 0 radical (unpaired) electrons. The number of aliphatic carboxylic acids is 1. The summed E-state index contributed by atoms with van der Waals surface area (Å²) in [5, 5.41) is 9.65. The zero-order chi connectivity index (χ0) is 14.5. The molecule has 2 atom stereocenters. The van der Waals surface area contributed by atoms with Crippen molar-refractivity contribution in [1.29, 1.82) is 0 Å². The summed E-state index contributed by atoms with van der Waals surface area (Å²) in [6.07, 6.45) is 0.675. The van der Waals surface area contributed by atoms with E-state index in [0.29, 0.717) is 6.42 Å². The SMILES string of the molecule is COc1c(C)c(C)c(Br)c(C)c1C1(C(=O)O)CC1C. The van der Waals surface area contributed by atoms with E-state index in [9.17, 15) is 9.90 Å². The molecule has 0 aliphatic heterocycles. The predicted octanol–water partition coefficient (Wildman–Crippen LogP) is 3.75. The molecule has 2 unspecified atom stereocenters. The standard InChI is InChI=1S/C15H19BrO3/c1-7-6-15(7,14(17)18)11-10(4)12(16)8(2)9(3)13(11)19-5/h7H,6H2,1-5H3,(H,17,18). The normalized spacial score (nSPS) is 25.3. The number of ether oxygens (including phenoxy) is 1. The lowest BCUT2D eigenvalue weighted by Gasteiger charge is -2.23. The maximum absolute atomic E-state index is 11.8. The van der Waals surface area contributed by atoms with Crippen LogP contribution < -0.4 is 4.74 Å². The van der Waals surface area contributed by atoms with Gasteiger partial charge in [0.2, 0.25) is 0 Å². The third-order valence-electron chi connectivity index (χ3n) is 4.50. The molecule has 1 aliphatic rings. The Morgan fingerprint density at radius 2 is 1.84 bits per heavy atom. The largest absolute Gasteiger partial charge is 0.496 e. The molecule has 1 aliphatic carbocycles. The van der Waals surface area contributed by atoms with Crippen LogP contribution >= 0.6 is 15.9 Å². The number of rotatable bonds is 3. The molecule has 19 heavy (non-hydrogen) atoms. The van der Waals surface area contributed by atoms with Gasteiger partial charge in [0.15, 0.2) is 0 Å². The fraction of sp³-hybridized carbons (Fsp3) is 0.533. The number of carboxylic acids is 1. The van der Waals surface area contributed by atoms with Gasteiger partial charge in [-0.3, -0.25) is 4.79 Å². The van der Waals surface area contributed by atoms with Crippen molar-refractivity contribution >= 4 is 21.9 Å². The van der Waals surface area contributed by atoms with Gasteiger partial charge in [0, 0.05) is 10.0 Å². The molecule has 0 heterocycles. The molecule has 4 heteroatoms. The molecule has 3 nitrogen and oxygen atoms in total. The second-order valence-corrected chi connectivity index (χ2v) is 6.27. The summed E-state index contributed by atoms with van der Waals surface area (Å²) in [6.45, 7) is 7.94. The van der Waals surface area contributed by atoms with E-state index in [0.717, 1.165) is 32.5 Å². The zero-order valence-electron chi connectivity index (χ0n) is 11.9. The number of carbonyl (C=O) groups is 1. The maximum atomic E-state index is 11.8. The van der Waals surface area contributed by atoms with Crippen LogP contribution in [-0.4, -0.2) is 18.2 Å². The fourth-order valence-corrected chi connectivity index (χ4v) is 3.55. The fourth-order valence-electron chi connectivity index (χ4n) is 3.05. The molecule has 104 valence electrons. The van der Waals surface area contributed by atoms with Crippen molar-refractivity contribution in [2.45, 2.75) is 39.5 Å². The van der Waals surface area contributed by atoms with Gasteiger partial charge >= 0.3 is 5.97 Å². The van der Waals surface area contributed by atoms with Crippen LogP contribution in [0.5, 0.6) is 5.75 Å². The molecular weight excluding hydrogens is 308 g/mol. The van der Waals surface area contributed by atoms with Gasteiger partial charge in [0.1, 0.15) is 5.75 Å². The third-order valence-corrected chi connectivity index (χ3v) is 5.69. The molecular formula is C15H19BrO3. The lowest BCUT2D eigenvalue weighted by Crippen LogP contribution is -2.24. The summed E-state index contributed by atoms with van der Waals surface area (Å²) >= 11 is 3.58. The molecule has 1 aromatic rings. The first-order chi connectivity index (χ1) is 8.78. The Balaban J connectivity index is 2.81. The summed E-state index contributed by atoms with van der Waals surface area (Å²) < 4.78 is 6.52. The van der Waals surface area contributed by atoms with Crippen molar-refractivity contribution in [3.8, 4) is 5.75 Å². The monoisotopic (exact) mass is 326 g/mol. The quantitative estimate of drug-likeness (QED) is 0.920. The van der Waals surface area contributed by atoms with Crippen LogP contribution in [0.25, 0.3) is 0 Å². The Hall–Kier alpha value is -1.03. The van der Waals surface area contributed by atoms with Crippen LogP contribution in [0.1, 0.15) is 35.6 Å². The lowest BCUT2D eigenvalue weighted by molar-refractivity contribution is -0.140. The highest BCUT2D eigenvalue weighted by Crippen LogP contribution is 2.59. The van der Waals surface area contributed by atoms with Crippen LogP contribution in [0.2, 0.25) is 0 Å². The molecule has 1 N–H and O–H groups in total. The molecule has 0 bridgehead atoms. The highest BCUT2D eigenvalue weighted by atomic mass is 79.9. The average molecular weight is 327 g/mol. The molecule has 1 fully saturated rings. The van der Waals surface area contributed by atoms with E-state index in [1.807, 2.05) is 27.7 Å². The zero-order valence-corrected chi connectivity index (χ0v) is 13.5. The Labute approximate surface area is 122 Å². The van der Waals surface area contributed by atoms with Gasteiger partial charge in [-0.05, 0) is 49.8 Å². The first-order valence-electron chi connectivity index (χ1n) is 6.36. The summed E-state index contributed by atoms with van der Waals surface area (Å²) in [7, 11) is 1.61. The van der Waals surface area contributed by atoms with E-state index in [1.165, 1.54) is 0 Å². The number of hydrogen-bond acceptors (Lipinski definition) is 2. The topological polar surface area (TPSA) is 46.5 Å². The number of methoxy groups -OCH3 is 1. The van der Waals surface area contributed by atoms with Crippen LogP contribution in [0, 0.1) is 26.7 Å². The van der Waals surface area contributed by atoms with Gasteiger partial charge in [0.25, 0.3) is 0 Å². The Bertz CT molecular complexity index is 565. The van der Waals surface area contributed by atoms with E-state index in [-0.39, 0.29) is 5.92 Å². The molecule has 0 amide bonds. The second kappa shape index (κ2) is 4.51. The Morgan fingerprint density at radius 3 is 2.21 bits per heavy atom. The first-order valence-corrected chi connectivity index (χ1v) is 7.15. The van der Waals surface area contributed by atoms with Crippen molar-refractivity contribution in [3.05, 3.63) is 26.7 Å². The minimum Gasteiger partial charge on any atom is -0.496 e. The Morgan fingerprint density at radius 1 is 1.32 bits per heavy atom. The minimum atomic E-state index is -0.781. The van der Waals surface area contributed by atoms with Gasteiger partial charge < -0.3 is 9.84 Å². The summed E-state index contributed by atoms with van der Waals surface area (Å²) in [4.78, 5) is 11.8. The van der Waals surface area contributed by atoms with Crippen LogP contribution in [0.3, 0.4) is 0 Å². The maximum Gasteiger partial charge on any atom is 0.314 e. The summed E-state index contributed by atoms with van der Waals surface area (Å²) in [6, 6.07) is 0. The van der Waals surface area contributed by atoms with Gasteiger partial charge in [-0.25, -0.2) is 0 Å². The molecule has 0 aromatic heterocycles. The second-order valence-electron chi connectivity index (χ2n) is 5.48. The van der Waals surface area contributed by atoms with Gasteiger partial charge in [-0.1, -0.05) is 22.9 Å². The molecule has 0 spiro atoms. The third kappa shape index (κ3) is 1.80. The van der Waals surface area contributed by atoms with Crippen molar-refractivity contribution in [1.82, 2.24) is 0 Å². The van der Waals surface area contributed by atoms with Gasteiger partial charge in [0.05, 0.1) is 12.5 Å². The number of carboxylic acid groups (broad SMARTS) is 1.